The largest absolute Gasteiger partial charge is 0.439 e. The lowest BCUT2D eigenvalue weighted by molar-refractivity contribution is -0.00410. The van der Waals surface area contributed by atoms with Crippen LogP contribution in [-0.4, -0.2) is 43.6 Å². The van der Waals surface area contributed by atoms with E-state index in [2.05, 4.69) is 27.4 Å². The molecule has 3 atom stereocenters. The Morgan fingerprint density at radius 2 is 1.71 bits per heavy atom. The van der Waals surface area contributed by atoms with Crippen molar-refractivity contribution in [2.75, 3.05) is 11.4 Å². The number of benzene rings is 1. The number of ether oxygens (including phenoxy) is 1. The first-order valence-electron chi connectivity index (χ1n) is 11.5. The number of hydrogen-bond donors (Lipinski definition) is 2. The maximum absolute atomic E-state index is 6.44. The summed E-state index contributed by atoms with van der Waals surface area (Å²) in [5, 5.41) is 6.59. The molecule has 11 heteroatoms. The minimum atomic E-state index is -1.65. The average molecular weight is 589 g/mol. The number of fused-ring (bicyclic) bond motifs is 1. The Hall–Kier alpha value is -0.0800. The van der Waals surface area contributed by atoms with E-state index < -0.39 is 19.9 Å². The summed E-state index contributed by atoms with van der Waals surface area (Å²) in [6.07, 6.45) is 9.63. The zero-order valence-electron chi connectivity index (χ0n) is 18.7. The van der Waals surface area contributed by atoms with Gasteiger partial charge in [0.15, 0.2) is 5.75 Å². The maximum Gasteiger partial charge on any atom is 0.218 e. The molecule has 3 aliphatic rings. The molecule has 1 aromatic carbocycles. The molecular formula is C23H28Cl6N4O. The van der Waals surface area contributed by atoms with E-state index in [1.165, 1.54) is 6.42 Å². The van der Waals surface area contributed by atoms with Gasteiger partial charge in [0.05, 0.1) is 11.9 Å². The van der Waals surface area contributed by atoms with Crippen molar-refractivity contribution in [1.82, 2.24) is 15.5 Å². The van der Waals surface area contributed by atoms with E-state index in [0.29, 0.717) is 0 Å². The van der Waals surface area contributed by atoms with Crippen LogP contribution in [0.5, 0.6) is 5.75 Å². The van der Waals surface area contributed by atoms with Crippen LogP contribution in [-0.2, 0) is 0 Å². The topological polar surface area (TPSA) is 39.8 Å². The van der Waals surface area contributed by atoms with Crippen molar-refractivity contribution in [3.8, 4) is 5.75 Å². The van der Waals surface area contributed by atoms with Crippen LogP contribution in [0.25, 0.3) is 0 Å². The van der Waals surface area contributed by atoms with E-state index in [4.69, 9.17) is 74.3 Å². The van der Waals surface area contributed by atoms with Crippen molar-refractivity contribution >= 4 is 75.3 Å². The molecule has 2 aliphatic heterocycles. The summed E-state index contributed by atoms with van der Waals surface area (Å²) in [5.41, 5.74) is 1.04. The third kappa shape index (κ3) is 6.07. The van der Waals surface area contributed by atoms with Crippen molar-refractivity contribution in [2.45, 2.75) is 71.2 Å². The third-order valence-electron chi connectivity index (χ3n) is 6.40. The van der Waals surface area contributed by atoms with Gasteiger partial charge in [0.2, 0.25) is 13.5 Å². The molecule has 1 saturated carbocycles. The van der Waals surface area contributed by atoms with E-state index in [-0.39, 0.29) is 12.2 Å². The van der Waals surface area contributed by atoms with Gasteiger partial charge in [-0.05, 0) is 38.0 Å². The summed E-state index contributed by atoms with van der Waals surface area (Å²) < 4.78 is 2.78. The summed E-state index contributed by atoms with van der Waals surface area (Å²) in [4.78, 5) is 4.28. The maximum atomic E-state index is 6.44. The molecule has 1 aromatic rings. The Balaban J connectivity index is 1.63. The van der Waals surface area contributed by atoms with Crippen LogP contribution in [0.2, 0.25) is 0 Å². The average Bonchev–Trinajstić information content (AvgIpc) is 3.15. The predicted octanol–water partition coefficient (Wildman–Crippen LogP) is 6.85. The lowest BCUT2D eigenvalue weighted by atomic mass is 9.93. The lowest BCUT2D eigenvalue weighted by Gasteiger charge is -2.53. The summed E-state index contributed by atoms with van der Waals surface area (Å²) >= 11 is 38.1. The highest BCUT2D eigenvalue weighted by molar-refractivity contribution is 6.68. The highest BCUT2D eigenvalue weighted by Gasteiger charge is 2.50. The molecule has 2 N–H and O–H groups in total. The summed E-state index contributed by atoms with van der Waals surface area (Å²) in [7, 11) is 0. The molecule has 34 heavy (non-hydrogen) atoms. The second-order valence-corrected chi connectivity index (χ2v) is 13.4. The molecule has 0 amide bonds. The molecule has 0 spiro atoms. The molecule has 0 bridgehead atoms. The van der Waals surface area contributed by atoms with Crippen molar-refractivity contribution in [3.05, 3.63) is 48.4 Å². The van der Waals surface area contributed by atoms with Crippen molar-refractivity contribution in [1.29, 1.82) is 0 Å². The normalized spacial score (nSPS) is 28.5. The summed E-state index contributed by atoms with van der Waals surface area (Å²) in [6.45, 7) is 2.86. The highest BCUT2D eigenvalue weighted by atomic mass is 35.6. The third-order valence-corrected chi connectivity index (χ3v) is 7.67. The molecule has 5 nitrogen and oxygen atoms in total. The first kappa shape index (κ1) is 27.0. The first-order valence-corrected chi connectivity index (χ1v) is 13.7. The minimum absolute atomic E-state index is 0.215. The van der Waals surface area contributed by atoms with Crippen LogP contribution in [0, 0.1) is 0 Å². The Labute approximate surface area is 231 Å². The number of alkyl halides is 6. The zero-order chi connectivity index (χ0) is 24.5. The number of allylic oxidation sites excluding steroid dienone is 2. The fraction of sp³-hybridized carbons (Fsp3) is 0.565. The van der Waals surface area contributed by atoms with Gasteiger partial charge in [-0.1, -0.05) is 113 Å². The van der Waals surface area contributed by atoms with Crippen LogP contribution >= 0.6 is 69.6 Å². The van der Waals surface area contributed by atoms with Gasteiger partial charge in [-0.25, -0.2) is 0 Å². The molecule has 0 aromatic heterocycles. The SMILES string of the molecule is CCN1/C(=C\C=C/C2NC(C(Cl)(Cl)Cl)NC(C(Cl)(Cl)Cl)N2C2CCCCC2)Oc2ccccc21. The quantitative estimate of drug-likeness (QED) is 0.377. The van der Waals surface area contributed by atoms with E-state index in [0.717, 1.165) is 49.5 Å². The molecule has 2 fully saturated rings. The molecule has 1 saturated heterocycles. The number of anilines is 1. The van der Waals surface area contributed by atoms with E-state index in [9.17, 15) is 0 Å². The number of rotatable bonds is 4. The Kier molecular flexibility index (Phi) is 8.82. The van der Waals surface area contributed by atoms with Gasteiger partial charge < -0.3 is 9.64 Å². The Morgan fingerprint density at radius 1 is 1.00 bits per heavy atom. The number of halogens is 6. The number of nitrogens with zero attached hydrogens (tertiary/aromatic N) is 2. The standard InChI is InChI=1S/C23H28Cl6N4O/c1-2-32-16-11-6-7-12-17(16)34-19(32)14-8-13-18-30-20(22(24,25)26)31-21(23(27,28)29)33(18)15-9-4-3-5-10-15/h6-8,11-15,18,20-21,30-31H,2-5,9-10H2,1H3/b13-8-,19-14+. The van der Waals surface area contributed by atoms with Crippen LogP contribution < -0.4 is 20.3 Å². The molecular weight excluding hydrogens is 561 g/mol. The van der Waals surface area contributed by atoms with Crippen molar-refractivity contribution in [3.63, 3.8) is 0 Å². The lowest BCUT2D eigenvalue weighted by Crippen LogP contribution is -2.75. The highest BCUT2D eigenvalue weighted by Crippen LogP contribution is 2.41. The molecule has 2 heterocycles. The van der Waals surface area contributed by atoms with Crippen LogP contribution in [0.15, 0.2) is 48.4 Å². The summed E-state index contributed by atoms with van der Waals surface area (Å²) in [5.74, 6) is 1.58. The Bertz CT molecular complexity index is 909. The van der Waals surface area contributed by atoms with E-state index in [1.54, 1.807) is 0 Å². The van der Waals surface area contributed by atoms with Crippen molar-refractivity contribution in [2.24, 2.45) is 0 Å². The predicted molar refractivity (Wildman–Crippen MR) is 144 cm³/mol. The zero-order valence-corrected chi connectivity index (χ0v) is 23.2. The van der Waals surface area contributed by atoms with Gasteiger partial charge in [-0.2, -0.15) is 0 Å². The second kappa shape index (κ2) is 11.1. The Morgan fingerprint density at radius 3 is 2.35 bits per heavy atom. The smallest absolute Gasteiger partial charge is 0.218 e. The molecule has 3 unspecified atom stereocenters. The minimum Gasteiger partial charge on any atom is -0.439 e. The van der Waals surface area contributed by atoms with Crippen LogP contribution in [0.1, 0.15) is 39.0 Å². The number of para-hydroxylation sites is 2. The fourth-order valence-electron chi connectivity index (χ4n) is 4.88. The van der Waals surface area contributed by atoms with Gasteiger partial charge in [0, 0.05) is 12.6 Å². The molecule has 0 radical (unpaired) electrons. The van der Waals surface area contributed by atoms with Crippen LogP contribution in [0.4, 0.5) is 5.69 Å². The number of hydrogen-bond acceptors (Lipinski definition) is 5. The monoisotopic (exact) mass is 586 g/mol. The van der Waals surface area contributed by atoms with Gasteiger partial charge in [-0.15, -0.1) is 0 Å². The van der Waals surface area contributed by atoms with Gasteiger partial charge >= 0.3 is 0 Å². The number of nitrogens with one attached hydrogen (secondary N) is 2. The molecule has 4 rings (SSSR count). The van der Waals surface area contributed by atoms with Gasteiger partial charge in [-0.3, -0.25) is 15.5 Å². The van der Waals surface area contributed by atoms with E-state index in [1.807, 2.05) is 42.5 Å². The van der Waals surface area contributed by atoms with Gasteiger partial charge in [0.25, 0.3) is 0 Å². The fourth-order valence-corrected chi connectivity index (χ4v) is 5.79. The second-order valence-electron chi connectivity index (χ2n) is 8.64. The first-order chi connectivity index (χ1) is 16.1. The van der Waals surface area contributed by atoms with Crippen molar-refractivity contribution < 1.29 is 4.74 Å². The molecule has 188 valence electrons. The summed E-state index contributed by atoms with van der Waals surface area (Å²) in [6, 6.07) is 8.17. The van der Waals surface area contributed by atoms with Crippen LogP contribution in [0.3, 0.4) is 0 Å². The molecule has 1 aliphatic carbocycles. The van der Waals surface area contributed by atoms with Gasteiger partial charge in [0.1, 0.15) is 12.3 Å². The van der Waals surface area contributed by atoms with E-state index >= 15 is 0 Å².